The third-order valence-corrected chi connectivity index (χ3v) is 2.84. The van der Waals surface area contributed by atoms with Crippen molar-refractivity contribution in [3.63, 3.8) is 0 Å². The Labute approximate surface area is 121 Å². The molecule has 0 bridgehead atoms. The molecule has 0 radical (unpaired) electrons. The monoisotopic (exact) mass is 291 g/mol. The molecule has 2 aromatic rings. The largest absolute Gasteiger partial charge is 0.361 e. The molecule has 19 heavy (non-hydrogen) atoms. The van der Waals surface area contributed by atoms with Crippen LogP contribution < -0.4 is 5.32 Å². The quantitative estimate of drug-likeness (QED) is 0.647. The van der Waals surface area contributed by atoms with Crippen molar-refractivity contribution in [1.82, 2.24) is 0 Å². The first-order chi connectivity index (χ1) is 9.15. The Morgan fingerprint density at radius 3 is 2.26 bits per heavy atom. The van der Waals surface area contributed by atoms with E-state index in [2.05, 4.69) is 5.32 Å². The summed E-state index contributed by atoms with van der Waals surface area (Å²) in [6.45, 7) is 0. The molecule has 2 rings (SSSR count). The summed E-state index contributed by atoms with van der Waals surface area (Å²) in [5.74, 6) is -0.0683. The maximum Gasteiger partial charge on any atom is 0.187 e. The lowest BCUT2D eigenvalue weighted by Crippen LogP contribution is -1.95. The van der Waals surface area contributed by atoms with E-state index < -0.39 is 0 Å². The molecule has 96 valence electrons. The summed E-state index contributed by atoms with van der Waals surface area (Å²) in [6, 6.07) is 14.2. The molecule has 0 aliphatic rings. The third-order valence-electron chi connectivity index (χ3n) is 2.41. The second-order valence-corrected chi connectivity index (χ2v) is 4.74. The molecule has 0 amide bonds. The van der Waals surface area contributed by atoms with Crippen LogP contribution in [0.25, 0.3) is 0 Å². The summed E-state index contributed by atoms with van der Waals surface area (Å²) >= 11 is 11.7. The van der Waals surface area contributed by atoms with Crippen LogP contribution in [0.5, 0.6) is 0 Å². The van der Waals surface area contributed by atoms with Crippen molar-refractivity contribution in [2.24, 2.45) is 0 Å². The van der Waals surface area contributed by atoms with Crippen LogP contribution in [0.2, 0.25) is 10.0 Å². The van der Waals surface area contributed by atoms with Gasteiger partial charge in [0.25, 0.3) is 0 Å². The van der Waals surface area contributed by atoms with Crippen molar-refractivity contribution in [2.75, 3.05) is 5.32 Å². The van der Waals surface area contributed by atoms with Gasteiger partial charge in [0.2, 0.25) is 0 Å². The Hall–Kier alpha value is -1.77. The number of ketones is 1. The molecule has 2 aromatic carbocycles. The Morgan fingerprint density at radius 2 is 1.63 bits per heavy atom. The first kappa shape index (κ1) is 13.7. The van der Waals surface area contributed by atoms with Gasteiger partial charge in [-0.05, 0) is 18.2 Å². The van der Waals surface area contributed by atoms with Crippen LogP contribution in [0.1, 0.15) is 10.4 Å². The molecular formula is C15H11Cl2NO. The molecule has 0 spiro atoms. The van der Waals surface area contributed by atoms with Gasteiger partial charge in [-0.25, -0.2) is 0 Å². The van der Waals surface area contributed by atoms with Gasteiger partial charge in [0.15, 0.2) is 5.78 Å². The topological polar surface area (TPSA) is 29.1 Å². The Balaban J connectivity index is 2.02. The average Bonchev–Trinajstić information content (AvgIpc) is 2.38. The highest BCUT2D eigenvalue weighted by molar-refractivity contribution is 6.35. The summed E-state index contributed by atoms with van der Waals surface area (Å²) in [4.78, 5) is 11.8. The second-order valence-electron chi connectivity index (χ2n) is 3.87. The Morgan fingerprint density at radius 1 is 1.00 bits per heavy atom. The lowest BCUT2D eigenvalue weighted by atomic mass is 10.1. The van der Waals surface area contributed by atoms with Crippen LogP contribution in [0.3, 0.4) is 0 Å². The first-order valence-electron chi connectivity index (χ1n) is 5.64. The van der Waals surface area contributed by atoms with E-state index in [9.17, 15) is 4.79 Å². The van der Waals surface area contributed by atoms with Gasteiger partial charge >= 0.3 is 0 Å². The zero-order valence-corrected chi connectivity index (χ0v) is 11.4. The molecule has 0 aliphatic heterocycles. The van der Waals surface area contributed by atoms with Gasteiger partial charge in [-0.15, -0.1) is 0 Å². The van der Waals surface area contributed by atoms with Gasteiger partial charge in [-0.3, -0.25) is 4.79 Å². The third kappa shape index (κ3) is 4.12. The number of benzene rings is 2. The fourth-order valence-corrected chi connectivity index (χ4v) is 2.08. The Kier molecular flexibility index (Phi) is 4.61. The van der Waals surface area contributed by atoms with E-state index >= 15 is 0 Å². The number of hydrogen-bond donors (Lipinski definition) is 1. The van der Waals surface area contributed by atoms with Crippen molar-refractivity contribution in [1.29, 1.82) is 0 Å². The number of rotatable bonds is 4. The van der Waals surface area contributed by atoms with Gasteiger partial charge in [0.05, 0.1) is 0 Å². The molecular weight excluding hydrogens is 281 g/mol. The van der Waals surface area contributed by atoms with Gasteiger partial charge < -0.3 is 5.32 Å². The summed E-state index contributed by atoms with van der Waals surface area (Å²) < 4.78 is 0. The van der Waals surface area contributed by atoms with Crippen LogP contribution in [-0.2, 0) is 0 Å². The van der Waals surface area contributed by atoms with Crippen LogP contribution in [0, 0.1) is 0 Å². The van der Waals surface area contributed by atoms with Crippen molar-refractivity contribution in [3.05, 3.63) is 76.4 Å². The minimum absolute atomic E-state index is 0.0683. The normalized spacial score (nSPS) is 10.6. The molecule has 0 saturated heterocycles. The van der Waals surface area contributed by atoms with Crippen LogP contribution in [0.15, 0.2) is 60.8 Å². The average molecular weight is 292 g/mol. The van der Waals surface area contributed by atoms with Crippen LogP contribution in [0.4, 0.5) is 5.69 Å². The highest BCUT2D eigenvalue weighted by Gasteiger charge is 1.99. The fraction of sp³-hybridized carbons (Fsp3) is 0. The fourth-order valence-electron chi connectivity index (χ4n) is 1.55. The van der Waals surface area contributed by atoms with E-state index in [1.54, 1.807) is 36.5 Å². The van der Waals surface area contributed by atoms with Crippen molar-refractivity contribution >= 4 is 34.7 Å². The molecule has 0 unspecified atom stereocenters. The molecule has 0 aromatic heterocycles. The predicted molar refractivity (Wildman–Crippen MR) is 80.0 cm³/mol. The van der Waals surface area contributed by atoms with Gasteiger partial charge in [0, 0.05) is 33.6 Å². The van der Waals surface area contributed by atoms with Gasteiger partial charge in [-0.1, -0.05) is 53.5 Å². The van der Waals surface area contributed by atoms with Crippen molar-refractivity contribution in [2.45, 2.75) is 0 Å². The molecule has 0 saturated carbocycles. The van der Waals surface area contributed by atoms with E-state index in [0.29, 0.717) is 15.6 Å². The second kappa shape index (κ2) is 6.41. The van der Waals surface area contributed by atoms with E-state index in [0.717, 1.165) is 5.69 Å². The van der Waals surface area contributed by atoms with Crippen molar-refractivity contribution < 1.29 is 4.79 Å². The maximum atomic E-state index is 11.8. The number of anilines is 1. The standard InChI is InChI=1S/C15H11Cl2NO/c16-12-8-13(17)10-14(9-12)18-7-6-15(19)11-4-2-1-3-5-11/h1-10,18H. The number of allylic oxidation sites excluding steroid dienone is 1. The molecule has 0 fully saturated rings. The number of halogens is 2. The maximum absolute atomic E-state index is 11.8. The van der Waals surface area contributed by atoms with E-state index in [1.165, 1.54) is 6.08 Å². The van der Waals surface area contributed by atoms with Crippen LogP contribution >= 0.6 is 23.2 Å². The number of hydrogen-bond acceptors (Lipinski definition) is 2. The number of carbonyl (C=O) groups is 1. The summed E-state index contributed by atoms with van der Waals surface area (Å²) in [5, 5.41) is 4.04. The minimum atomic E-state index is -0.0683. The molecule has 1 N–H and O–H groups in total. The molecule has 0 heterocycles. The summed E-state index contributed by atoms with van der Waals surface area (Å²) in [7, 11) is 0. The molecule has 0 atom stereocenters. The Bertz CT molecular complexity index is 589. The summed E-state index contributed by atoms with van der Waals surface area (Å²) in [6.07, 6.45) is 3.03. The van der Waals surface area contributed by atoms with E-state index in [1.807, 2.05) is 18.2 Å². The SMILES string of the molecule is O=C(C=CNc1cc(Cl)cc(Cl)c1)c1ccccc1. The summed E-state index contributed by atoms with van der Waals surface area (Å²) in [5.41, 5.74) is 1.37. The van der Waals surface area contributed by atoms with Crippen LogP contribution in [-0.4, -0.2) is 5.78 Å². The highest BCUT2D eigenvalue weighted by atomic mass is 35.5. The van der Waals surface area contributed by atoms with E-state index in [4.69, 9.17) is 23.2 Å². The van der Waals surface area contributed by atoms with Gasteiger partial charge in [-0.2, -0.15) is 0 Å². The molecule has 2 nitrogen and oxygen atoms in total. The first-order valence-corrected chi connectivity index (χ1v) is 6.39. The number of nitrogens with one attached hydrogen (secondary N) is 1. The van der Waals surface area contributed by atoms with E-state index in [-0.39, 0.29) is 5.78 Å². The molecule has 4 heteroatoms. The smallest absolute Gasteiger partial charge is 0.187 e. The van der Waals surface area contributed by atoms with Crippen molar-refractivity contribution in [3.8, 4) is 0 Å². The zero-order valence-electron chi connectivity index (χ0n) is 9.94. The van der Waals surface area contributed by atoms with Gasteiger partial charge in [0.1, 0.15) is 0 Å². The lowest BCUT2D eigenvalue weighted by Gasteiger charge is -2.02. The highest BCUT2D eigenvalue weighted by Crippen LogP contribution is 2.22. The number of carbonyl (C=O) groups excluding carboxylic acids is 1. The molecule has 0 aliphatic carbocycles. The predicted octanol–water partition coefficient (Wildman–Crippen LogP) is 4.80. The minimum Gasteiger partial charge on any atom is -0.361 e. The lowest BCUT2D eigenvalue weighted by molar-refractivity contribution is 0.104. The zero-order chi connectivity index (χ0) is 13.7.